The molecular weight excluding hydrogens is 308 g/mol. The van der Waals surface area contributed by atoms with E-state index in [1.807, 2.05) is 5.51 Å². The van der Waals surface area contributed by atoms with Crippen molar-refractivity contribution in [3.8, 4) is 0 Å². The van der Waals surface area contributed by atoms with Gasteiger partial charge < -0.3 is 9.47 Å². The fourth-order valence-electron chi connectivity index (χ4n) is 4.12. The minimum atomic E-state index is 0.212. The Balaban J connectivity index is 1.42. The molecule has 5 heteroatoms. The molecule has 128 valence electrons. The van der Waals surface area contributed by atoms with E-state index >= 15 is 0 Å². The van der Waals surface area contributed by atoms with Crippen LogP contribution in [0.5, 0.6) is 0 Å². The highest BCUT2D eigenvalue weighted by Gasteiger charge is 2.46. The van der Waals surface area contributed by atoms with Crippen molar-refractivity contribution < 1.29 is 9.47 Å². The lowest BCUT2D eigenvalue weighted by Crippen LogP contribution is -2.56. The average molecular weight is 337 g/mol. The molecule has 4 nitrogen and oxygen atoms in total. The van der Waals surface area contributed by atoms with Crippen molar-refractivity contribution >= 4 is 11.3 Å². The number of hydrogen-bond donors (Lipinski definition) is 0. The molecule has 1 aliphatic carbocycles. The lowest BCUT2D eigenvalue weighted by Gasteiger charge is -2.50. The van der Waals surface area contributed by atoms with Crippen molar-refractivity contribution in [2.45, 2.75) is 51.7 Å². The summed E-state index contributed by atoms with van der Waals surface area (Å²) in [5, 5.41) is 0. The van der Waals surface area contributed by atoms with E-state index in [9.17, 15) is 0 Å². The Morgan fingerprint density at radius 3 is 3.13 bits per heavy atom. The summed E-state index contributed by atoms with van der Waals surface area (Å²) in [4.78, 5) is 8.41. The molecule has 0 spiro atoms. The highest BCUT2D eigenvalue weighted by molar-refractivity contribution is 7.09. The summed E-state index contributed by atoms with van der Waals surface area (Å²) in [6, 6.07) is 0. The molecule has 0 unspecified atom stereocenters. The Labute approximate surface area is 143 Å². The zero-order chi connectivity index (χ0) is 15.7. The maximum atomic E-state index is 6.15. The number of ether oxygens (including phenoxy) is 2. The van der Waals surface area contributed by atoms with Crippen LogP contribution < -0.4 is 0 Å². The number of rotatable bonds is 6. The molecule has 1 saturated carbocycles. The van der Waals surface area contributed by atoms with Gasteiger partial charge in [0.05, 0.1) is 23.9 Å². The van der Waals surface area contributed by atoms with Crippen LogP contribution in [0.3, 0.4) is 0 Å². The van der Waals surface area contributed by atoms with Crippen molar-refractivity contribution in [1.82, 2.24) is 9.88 Å². The first-order valence-corrected chi connectivity index (χ1v) is 9.94. The summed E-state index contributed by atoms with van der Waals surface area (Å²) < 4.78 is 12.3. The van der Waals surface area contributed by atoms with Crippen molar-refractivity contribution in [3.63, 3.8) is 0 Å². The Morgan fingerprint density at radius 1 is 1.43 bits per heavy atom. The highest BCUT2D eigenvalue weighted by Crippen LogP contribution is 2.41. The molecule has 2 atom stereocenters. The number of hydrogen-bond acceptors (Lipinski definition) is 5. The van der Waals surface area contributed by atoms with Crippen LogP contribution >= 0.6 is 11.3 Å². The summed E-state index contributed by atoms with van der Waals surface area (Å²) >= 11 is 1.79. The Bertz CT molecular complexity index is 531. The van der Waals surface area contributed by atoms with Crippen LogP contribution in [-0.2, 0) is 16.0 Å². The number of thiazole rings is 1. The molecule has 3 heterocycles. The quantitative estimate of drug-likeness (QED) is 0.799. The second-order valence-corrected chi connectivity index (χ2v) is 8.58. The monoisotopic (exact) mass is 336 g/mol. The Hall–Kier alpha value is -0.490. The van der Waals surface area contributed by atoms with Crippen molar-refractivity contribution in [3.05, 3.63) is 16.1 Å². The molecule has 2 saturated heterocycles. The van der Waals surface area contributed by atoms with Gasteiger partial charge in [-0.1, -0.05) is 0 Å². The number of nitrogens with zero attached hydrogens (tertiary/aromatic N) is 2. The lowest BCUT2D eigenvalue weighted by molar-refractivity contribution is -0.154. The van der Waals surface area contributed by atoms with Crippen LogP contribution in [0, 0.1) is 18.3 Å². The number of aromatic nitrogens is 1. The normalized spacial score (nSPS) is 32.0. The minimum absolute atomic E-state index is 0.212. The van der Waals surface area contributed by atoms with Crippen LogP contribution in [-0.4, -0.2) is 48.9 Å². The Kier molecular flexibility index (Phi) is 4.72. The van der Waals surface area contributed by atoms with Crippen molar-refractivity contribution in [1.29, 1.82) is 0 Å². The topological polar surface area (TPSA) is 34.6 Å². The minimum Gasteiger partial charge on any atom is -0.380 e. The molecule has 4 rings (SSSR count). The first kappa shape index (κ1) is 16.0. The van der Waals surface area contributed by atoms with Gasteiger partial charge in [0.25, 0.3) is 0 Å². The van der Waals surface area contributed by atoms with Gasteiger partial charge in [-0.2, -0.15) is 0 Å². The predicted molar refractivity (Wildman–Crippen MR) is 91.7 cm³/mol. The summed E-state index contributed by atoms with van der Waals surface area (Å²) in [6.45, 7) is 8.17. The summed E-state index contributed by atoms with van der Waals surface area (Å²) in [5.41, 5.74) is 3.37. The maximum absolute atomic E-state index is 6.15. The number of aryl methyl sites for hydroxylation is 1. The molecule has 3 fully saturated rings. The van der Waals surface area contributed by atoms with Gasteiger partial charge in [0, 0.05) is 43.1 Å². The summed E-state index contributed by atoms with van der Waals surface area (Å²) in [6.07, 6.45) is 6.70. The summed E-state index contributed by atoms with van der Waals surface area (Å²) in [5.74, 6) is 0.842. The fraction of sp³-hybridized carbons (Fsp3) is 0.833. The molecule has 1 aromatic heterocycles. The van der Waals surface area contributed by atoms with E-state index in [1.165, 1.54) is 36.3 Å². The number of likely N-dealkylation sites (tertiary alicyclic amines) is 1. The van der Waals surface area contributed by atoms with E-state index in [4.69, 9.17) is 9.47 Å². The van der Waals surface area contributed by atoms with Gasteiger partial charge in [0.15, 0.2) is 0 Å². The average Bonchev–Trinajstić information content (AvgIpc) is 3.30. The van der Waals surface area contributed by atoms with E-state index in [-0.39, 0.29) is 5.41 Å². The van der Waals surface area contributed by atoms with Crippen molar-refractivity contribution in [2.75, 3.05) is 32.9 Å². The van der Waals surface area contributed by atoms with Gasteiger partial charge in [0.2, 0.25) is 0 Å². The van der Waals surface area contributed by atoms with Gasteiger partial charge >= 0.3 is 0 Å². The zero-order valence-electron chi connectivity index (χ0n) is 14.1. The van der Waals surface area contributed by atoms with Gasteiger partial charge in [-0.15, -0.1) is 11.3 Å². The second kappa shape index (κ2) is 6.79. The third-order valence-electron chi connectivity index (χ3n) is 5.72. The van der Waals surface area contributed by atoms with Gasteiger partial charge in [0.1, 0.15) is 0 Å². The molecule has 2 aliphatic heterocycles. The first-order chi connectivity index (χ1) is 11.3. The van der Waals surface area contributed by atoms with E-state index in [0.717, 1.165) is 51.8 Å². The standard InChI is InChI=1S/C18H28N2O2S/c1-14-16(23-13-19-14)9-20-7-5-17-18(11-20,6-2-8-22-17)12-21-10-15-3-4-15/h13,15,17H,2-12H2,1H3/t17-,18-/m1/s1. The smallest absolute Gasteiger partial charge is 0.0798 e. The zero-order valence-corrected chi connectivity index (χ0v) is 14.9. The lowest BCUT2D eigenvalue weighted by atomic mass is 9.73. The largest absolute Gasteiger partial charge is 0.380 e. The third-order valence-corrected chi connectivity index (χ3v) is 6.64. The van der Waals surface area contributed by atoms with Crippen LogP contribution in [0.1, 0.15) is 42.7 Å². The number of piperidine rings is 1. The van der Waals surface area contributed by atoms with Crippen molar-refractivity contribution in [2.24, 2.45) is 11.3 Å². The second-order valence-electron chi connectivity index (χ2n) is 7.64. The first-order valence-electron chi connectivity index (χ1n) is 9.06. The molecule has 23 heavy (non-hydrogen) atoms. The third kappa shape index (κ3) is 3.63. The molecule has 1 aromatic rings. The molecule has 0 bridgehead atoms. The maximum Gasteiger partial charge on any atom is 0.0798 e. The van der Waals surface area contributed by atoms with Crippen LogP contribution in [0.15, 0.2) is 5.51 Å². The molecule has 0 radical (unpaired) electrons. The van der Waals surface area contributed by atoms with Crippen LogP contribution in [0.4, 0.5) is 0 Å². The fourth-order valence-corrected chi connectivity index (χ4v) is 4.94. The van der Waals surface area contributed by atoms with E-state index < -0.39 is 0 Å². The van der Waals surface area contributed by atoms with Gasteiger partial charge in [-0.25, -0.2) is 4.98 Å². The highest BCUT2D eigenvalue weighted by atomic mass is 32.1. The van der Waals surface area contributed by atoms with E-state index in [2.05, 4.69) is 16.8 Å². The summed E-state index contributed by atoms with van der Waals surface area (Å²) in [7, 11) is 0. The molecule has 0 N–H and O–H groups in total. The molecule has 3 aliphatic rings. The van der Waals surface area contributed by atoms with Crippen LogP contribution in [0.2, 0.25) is 0 Å². The van der Waals surface area contributed by atoms with E-state index in [1.54, 1.807) is 11.3 Å². The molecule has 0 amide bonds. The molecular formula is C18H28N2O2S. The Morgan fingerprint density at radius 2 is 2.35 bits per heavy atom. The van der Waals surface area contributed by atoms with E-state index in [0.29, 0.717) is 6.10 Å². The SMILES string of the molecule is Cc1ncsc1CN1CC[C@H]2OCCC[C@]2(COCC2CC2)C1. The van der Waals surface area contributed by atoms with Gasteiger partial charge in [-0.05, 0) is 44.9 Å². The number of fused-ring (bicyclic) bond motifs is 1. The molecule has 0 aromatic carbocycles. The predicted octanol–water partition coefficient (Wildman–Crippen LogP) is 3.25. The van der Waals surface area contributed by atoms with Gasteiger partial charge in [-0.3, -0.25) is 4.90 Å². The van der Waals surface area contributed by atoms with Crippen LogP contribution in [0.25, 0.3) is 0 Å².